The zero-order valence-corrected chi connectivity index (χ0v) is 15.8. The number of ether oxygens (including phenoxy) is 1. The van der Waals surface area contributed by atoms with Crippen LogP contribution in [0.3, 0.4) is 0 Å². The van der Waals surface area contributed by atoms with Gasteiger partial charge in [-0.1, -0.05) is 11.6 Å². The summed E-state index contributed by atoms with van der Waals surface area (Å²) in [6.45, 7) is 3.53. The van der Waals surface area contributed by atoms with Gasteiger partial charge in [0.2, 0.25) is 11.6 Å². The lowest BCUT2D eigenvalue weighted by Gasteiger charge is -2.34. The summed E-state index contributed by atoms with van der Waals surface area (Å²) in [4.78, 5) is 38.4. The number of amides is 1. The Morgan fingerprint density at radius 3 is 2.71 bits per heavy atom. The lowest BCUT2D eigenvalue weighted by atomic mass is 10.3. The van der Waals surface area contributed by atoms with Crippen LogP contribution in [-0.2, 0) is 4.74 Å². The van der Waals surface area contributed by atoms with Crippen LogP contribution in [0.4, 0.5) is 27.8 Å². The monoisotopic (exact) mass is 407 g/mol. The minimum Gasteiger partial charge on any atom is -0.450 e. The van der Waals surface area contributed by atoms with E-state index in [1.54, 1.807) is 28.9 Å². The molecule has 1 amide bonds. The zero-order chi connectivity index (χ0) is 20.1. The van der Waals surface area contributed by atoms with Gasteiger partial charge in [0, 0.05) is 32.4 Å². The molecule has 2 aromatic rings. The maximum absolute atomic E-state index is 11.8. The molecule has 0 bridgehead atoms. The van der Waals surface area contributed by atoms with Crippen molar-refractivity contribution in [1.82, 2.24) is 19.9 Å². The number of halogens is 1. The fraction of sp³-hybridized carbons (Fsp3) is 0.375. The normalized spacial score (nSPS) is 13.9. The van der Waals surface area contributed by atoms with E-state index < -0.39 is 11.0 Å². The lowest BCUT2D eigenvalue weighted by molar-refractivity contribution is -0.383. The van der Waals surface area contributed by atoms with E-state index in [2.05, 4.69) is 20.3 Å². The third-order valence-corrected chi connectivity index (χ3v) is 4.40. The van der Waals surface area contributed by atoms with Crippen LogP contribution in [0.2, 0.25) is 5.15 Å². The maximum atomic E-state index is 11.8. The van der Waals surface area contributed by atoms with Gasteiger partial charge in [-0.3, -0.25) is 10.1 Å². The first kappa shape index (κ1) is 19.5. The quantitative estimate of drug-likeness (QED) is 0.451. The van der Waals surface area contributed by atoms with E-state index in [4.69, 9.17) is 16.3 Å². The highest BCUT2D eigenvalue weighted by Crippen LogP contribution is 2.35. The molecule has 1 fully saturated rings. The van der Waals surface area contributed by atoms with Gasteiger partial charge in [0.1, 0.15) is 6.33 Å². The van der Waals surface area contributed by atoms with Crippen molar-refractivity contribution in [2.75, 3.05) is 43.0 Å². The second-order valence-electron chi connectivity index (χ2n) is 5.79. The second kappa shape index (κ2) is 8.65. The summed E-state index contributed by atoms with van der Waals surface area (Å²) in [7, 11) is 0. The van der Waals surface area contributed by atoms with Crippen molar-refractivity contribution in [1.29, 1.82) is 0 Å². The first-order chi connectivity index (χ1) is 13.5. The molecule has 148 valence electrons. The number of carbonyl (C=O) groups excluding carboxylic acids is 1. The Hall–Kier alpha value is -3.21. The summed E-state index contributed by atoms with van der Waals surface area (Å²) in [5, 5.41) is 14.8. The lowest BCUT2D eigenvalue weighted by Crippen LogP contribution is -2.49. The summed E-state index contributed by atoms with van der Waals surface area (Å²) in [6.07, 6.45) is 2.36. The number of piperazine rings is 1. The molecule has 1 aliphatic heterocycles. The minimum absolute atomic E-state index is 0.0118. The molecule has 28 heavy (non-hydrogen) atoms. The number of pyridine rings is 1. The summed E-state index contributed by atoms with van der Waals surface area (Å²) >= 11 is 6.02. The Morgan fingerprint density at radius 2 is 2.07 bits per heavy atom. The van der Waals surface area contributed by atoms with E-state index in [1.165, 1.54) is 12.5 Å². The molecule has 0 spiro atoms. The largest absolute Gasteiger partial charge is 0.450 e. The van der Waals surface area contributed by atoms with Gasteiger partial charge in [-0.2, -0.15) is 0 Å². The molecule has 0 atom stereocenters. The molecule has 11 nitrogen and oxygen atoms in total. The molecule has 0 saturated carbocycles. The van der Waals surface area contributed by atoms with Crippen LogP contribution in [-0.4, -0.2) is 63.7 Å². The van der Waals surface area contributed by atoms with Crippen molar-refractivity contribution in [2.45, 2.75) is 6.92 Å². The molecule has 2 aromatic heterocycles. The van der Waals surface area contributed by atoms with Crippen molar-refractivity contribution in [3.63, 3.8) is 0 Å². The Labute approximate surface area is 165 Å². The number of hydrogen-bond donors (Lipinski definition) is 1. The zero-order valence-electron chi connectivity index (χ0n) is 15.0. The van der Waals surface area contributed by atoms with Gasteiger partial charge in [-0.25, -0.2) is 19.7 Å². The first-order valence-corrected chi connectivity index (χ1v) is 8.92. The highest BCUT2D eigenvalue weighted by atomic mass is 35.5. The molecular weight excluding hydrogens is 390 g/mol. The van der Waals surface area contributed by atoms with Crippen LogP contribution < -0.4 is 10.2 Å². The number of hydrogen-bond acceptors (Lipinski definition) is 9. The number of aromatic nitrogens is 3. The van der Waals surface area contributed by atoms with E-state index in [-0.39, 0.29) is 22.5 Å². The van der Waals surface area contributed by atoms with Crippen molar-refractivity contribution >= 4 is 40.7 Å². The fourth-order valence-corrected chi connectivity index (χ4v) is 2.95. The maximum Gasteiger partial charge on any atom is 0.409 e. The van der Waals surface area contributed by atoms with Crippen LogP contribution in [0.15, 0.2) is 24.7 Å². The van der Waals surface area contributed by atoms with Gasteiger partial charge in [0.05, 0.1) is 17.2 Å². The number of carbonyl (C=O) groups is 1. The fourth-order valence-electron chi connectivity index (χ4n) is 2.78. The predicted molar refractivity (Wildman–Crippen MR) is 102 cm³/mol. The summed E-state index contributed by atoms with van der Waals surface area (Å²) in [5.74, 6) is 0.184. The second-order valence-corrected chi connectivity index (χ2v) is 6.15. The Balaban J connectivity index is 1.83. The van der Waals surface area contributed by atoms with E-state index in [9.17, 15) is 14.9 Å². The van der Waals surface area contributed by atoms with Crippen molar-refractivity contribution in [3.05, 3.63) is 39.9 Å². The molecule has 0 unspecified atom stereocenters. The van der Waals surface area contributed by atoms with Gasteiger partial charge in [-0.05, 0) is 19.1 Å². The van der Waals surface area contributed by atoms with E-state index in [0.717, 1.165) is 0 Å². The predicted octanol–water partition coefficient (Wildman–Crippen LogP) is 2.46. The first-order valence-electron chi connectivity index (χ1n) is 8.54. The third kappa shape index (κ3) is 4.19. The standard InChI is InChI=1S/C16H18ClN7O4/c1-2-28-16(25)23-8-6-22(7-9-23)15-12(24(26)27)14(19-10-20-15)21-11-4-3-5-18-13(11)17/h3-5,10H,2,6-9H2,1H3,(H,19,20,21). The summed E-state index contributed by atoms with van der Waals surface area (Å²) in [5.41, 5.74) is 0.121. The highest BCUT2D eigenvalue weighted by molar-refractivity contribution is 6.32. The van der Waals surface area contributed by atoms with Crippen molar-refractivity contribution in [2.24, 2.45) is 0 Å². The van der Waals surface area contributed by atoms with Crippen LogP contribution in [0.1, 0.15) is 6.92 Å². The molecule has 0 radical (unpaired) electrons. The molecule has 1 saturated heterocycles. The average molecular weight is 408 g/mol. The Morgan fingerprint density at radius 1 is 1.32 bits per heavy atom. The molecule has 12 heteroatoms. The summed E-state index contributed by atoms with van der Waals surface area (Å²) in [6, 6.07) is 3.29. The van der Waals surface area contributed by atoms with Gasteiger partial charge < -0.3 is 19.9 Å². The van der Waals surface area contributed by atoms with Crippen molar-refractivity contribution in [3.8, 4) is 0 Å². The number of nitrogens with zero attached hydrogens (tertiary/aromatic N) is 6. The average Bonchev–Trinajstić information content (AvgIpc) is 2.69. The number of rotatable bonds is 5. The van der Waals surface area contributed by atoms with Crippen LogP contribution in [0.5, 0.6) is 0 Å². The highest BCUT2D eigenvalue weighted by Gasteiger charge is 2.31. The third-order valence-electron chi connectivity index (χ3n) is 4.10. The Bertz CT molecular complexity index is 874. The smallest absolute Gasteiger partial charge is 0.409 e. The van der Waals surface area contributed by atoms with Crippen molar-refractivity contribution < 1.29 is 14.5 Å². The van der Waals surface area contributed by atoms with E-state index in [1.807, 2.05) is 0 Å². The van der Waals surface area contributed by atoms with E-state index >= 15 is 0 Å². The summed E-state index contributed by atoms with van der Waals surface area (Å²) < 4.78 is 4.99. The van der Waals surface area contributed by atoms with E-state index in [0.29, 0.717) is 38.5 Å². The SMILES string of the molecule is CCOC(=O)N1CCN(c2ncnc(Nc3cccnc3Cl)c2[N+](=O)[O-])CC1. The van der Waals surface area contributed by atoms with Gasteiger partial charge in [-0.15, -0.1) is 0 Å². The molecule has 0 aliphatic carbocycles. The van der Waals surface area contributed by atoms with Gasteiger partial charge in [0.25, 0.3) is 0 Å². The molecule has 3 rings (SSSR count). The van der Waals surface area contributed by atoms with Gasteiger partial charge in [0.15, 0.2) is 5.15 Å². The van der Waals surface area contributed by atoms with Crippen LogP contribution in [0.25, 0.3) is 0 Å². The molecule has 1 N–H and O–H groups in total. The van der Waals surface area contributed by atoms with Crippen LogP contribution >= 0.6 is 11.6 Å². The molecule has 3 heterocycles. The topological polar surface area (TPSA) is 127 Å². The Kier molecular flexibility index (Phi) is 6.04. The number of nitrogens with one attached hydrogen (secondary N) is 1. The molecule has 1 aliphatic rings. The minimum atomic E-state index is -0.542. The number of nitro groups is 1. The van der Waals surface area contributed by atoms with Crippen LogP contribution in [0, 0.1) is 10.1 Å². The van der Waals surface area contributed by atoms with Gasteiger partial charge >= 0.3 is 11.8 Å². The molecule has 0 aromatic carbocycles. The number of anilines is 3. The molecular formula is C16H18ClN7O4.